The standard InChI is InChI=1S/C16H23N5/c1-4-5-10-17-16-20-15(11-18-21-16)19-14-9-7-6-8-13(14)12(2)3/h6-9,11-12H,4-5,10H2,1-3H3,(H2,17,19,20,21). The minimum absolute atomic E-state index is 0.450. The molecule has 0 spiro atoms. The van der Waals surface area contributed by atoms with Gasteiger partial charge in [0.05, 0.1) is 6.20 Å². The maximum absolute atomic E-state index is 4.44. The molecule has 0 aliphatic carbocycles. The molecule has 0 unspecified atom stereocenters. The maximum Gasteiger partial charge on any atom is 0.244 e. The van der Waals surface area contributed by atoms with E-state index in [1.54, 1.807) is 6.20 Å². The van der Waals surface area contributed by atoms with Crippen LogP contribution in [0.5, 0.6) is 0 Å². The largest absolute Gasteiger partial charge is 0.353 e. The van der Waals surface area contributed by atoms with Gasteiger partial charge in [0, 0.05) is 12.2 Å². The molecular weight excluding hydrogens is 262 g/mol. The lowest BCUT2D eigenvalue weighted by molar-refractivity contribution is 0.819. The molecule has 0 aliphatic heterocycles. The van der Waals surface area contributed by atoms with E-state index in [1.807, 2.05) is 6.07 Å². The van der Waals surface area contributed by atoms with Crippen molar-refractivity contribution in [1.82, 2.24) is 15.2 Å². The summed E-state index contributed by atoms with van der Waals surface area (Å²) in [5.74, 6) is 1.72. The Hall–Kier alpha value is -2.17. The molecule has 0 saturated heterocycles. The summed E-state index contributed by atoms with van der Waals surface area (Å²) in [5.41, 5.74) is 2.32. The van der Waals surface area contributed by atoms with E-state index in [9.17, 15) is 0 Å². The van der Waals surface area contributed by atoms with Gasteiger partial charge in [-0.25, -0.2) is 0 Å². The number of anilines is 3. The van der Waals surface area contributed by atoms with Crippen molar-refractivity contribution in [2.45, 2.75) is 39.5 Å². The van der Waals surface area contributed by atoms with Gasteiger partial charge in [-0.05, 0) is 24.0 Å². The Morgan fingerprint density at radius 2 is 2.00 bits per heavy atom. The first-order valence-corrected chi connectivity index (χ1v) is 7.50. The third-order valence-electron chi connectivity index (χ3n) is 3.22. The molecule has 0 bridgehead atoms. The second-order valence-corrected chi connectivity index (χ2v) is 5.31. The summed E-state index contributed by atoms with van der Waals surface area (Å²) >= 11 is 0. The van der Waals surface area contributed by atoms with Crippen molar-refractivity contribution in [1.29, 1.82) is 0 Å². The molecule has 5 nitrogen and oxygen atoms in total. The maximum atomic E-state index is 4.44. The molecule has 0 amide bonds. The average molecular weight is 285 g/mol. The van der Waals surface area contributed by atoms with Crippen LogP contribution in [-0.4, -0.2) is 21.7 Å². The molecule has 0 fully saturated rings. The van der Waals surface area contributed by atoms with E-state index in [0.29, 0.717) is 17.7 Å². The summed E-state index contributed by atoms with van der Waals surface area (Å²) in [4.78, 5) is 4.44. The number of benzene rings is 1. The minimum atomic E-state index is 0.450. The molecule has 2 aromatic rings. The Kier molecular flexibility index (Phi) is 5.49. The predicted molar refractivity (Wildman–Crippen MR) is 87.0 cm³/mol. The number of hydrogen-bond acceptors (Lipinski definition) is 5. The van der Waals surface area contributed by atoms with Crippen LogP contribution in [0.1, 0.15) is 45.1 Å². The molecule has 5 heteroatoms. The SMILES string of the molecule is CCCCNc1nncc(Nc2ccccc2C(C)C)n1. The average Bonchev–Trinajstić information content (AvgIpc) is 2.48. The van der Waals surface area contributed by atoms with Crippen LogP contribution in [0, 0.1) is 0 Å². The van der Waals surface area contributed by atoms with Gasteiger partial charge in [0.2, 0.25) is 5.95 Å². The first kappa shape index (κ1) is 15.2. The highest BCUT2D eigenvalue weighted by molar-refractivity contribution is 5.61. The number of nitrogens with zero attached hydrogens (tertiary/aromatic N) is 3. The van der Waals surface area contributed by atoms with Gasteiger partial charge in [-0.1, -0.05) is 45.4 Å². The molecule has 1 aromatic carbocycles. The fraction of sp³-hybridized carbons (Fsp3) is 0.438. The molecule has 2 rings (SSSR count). The topological polar surface area (TPSA) is 62.7 Å². The van der Waals surface area contributed by atoms with E-state index in [2.05, 4.69) is 64.8 Å². The Morgan fingerprint density at radius 1 is 1.19 bits per heavy atom. The molecule has 0 aliphatic rings. The number of para-hydroxylation sites is 1. The van der Waals surface area contributed by atoms with E-state index in [4.69, 9.17) is 0 Å². The van der Waals surface area contributed by atoms with E-state index in [-0.39, 0.29) is 0 Å². The van der Waals surface area contributed by atoms with Gasteiger partial charge in [-0.2, -0.15) is 10.1 Å². The van der Waals surface area contributed by atoms with Crippen LogP contribution in [-0.2, 0) is 0 Å². The molecule has 0 saturated carbocycles. The molecule has 112 valence electrons. The normalized spacial score (nSPS) is 10.7. The van der Waals surface area contributed by atoms with E-state index < -0.39 is 0 Å². The van der Waals surface area contributed by atoms with Crippen LogP contribution in [0.2, 0.25) is 0 Å². The lowest BCUT2D eigenvalue weighted by Gasteiger charge is -2.14. The lowest BCUT2D eigenvalue weighted by Crippen LogP contribution is -2.08. The van der Waals surface area contributed by atoms with Gasteiger partial charge < -0.3 is 10.6 Å². The summed E-state index contributed by atoms with van der Waals surface area (Å²) in [6, 6.07) is 8.25. The number of nitrogens with one attached hydrogen (secondary N) is 2. The van der Waals surface area contributed by atoms with E-state index in [1.165, 1.54) is 5.56 Å². The Morgan fingerprint density at radius 3 is 2.76 bits per heavy atom. The molecule has 0 atom stereocenters. The lowest BCUT2D eigenvalue weighted by atomic mass is 10.0. The smallest absolute Gasteiger partial charge is 0.244 e. The molecular formula is C16H23N5. The molecule has 0 radical (unpaired) electrons. The van der Waals surface area contributed by atoms with Gasteiger partial charge in [-0.3, -0.25) is 0 Å². The fourth-order valence-corrected chi connectivity index (χ4v) is 2.07. The monoisotopic (exact) mass is 285 g/mol. The summed E-state index contributed by atoms with van der Waals surface area (Å²) in [7, 11) is 0. The summed E-state index contributed by atoms with van der Waals surface area (Å²) in [6.07, 6.45) is 3.87. The van der Waals surface area contributed by atoms with Gasteiger partial charge in [0.25, 0.3) is 0 Å². The molecule has 21 heavy (non-hydrogen) atoms. The highest BCUT2D eigenvalue weighted by atomic mass is 15.3. The third-order valence-corrected chi connectivity index (χ3v) is 3.22. The van der Waals surface area contributed by atoms with Crippen molar-refractivity contribution in [2.75, 3.05) is 17.2 Å². The van der Waals surface area contributed by atoms with Crippen LogP contribution < -0.4 is 10.6 Å². The Bertz CT molecular complexity index is 568. The van der Waals surface area contributed by atoms with Crippen LogP contribution in [0.4, 0.5) is 17.5 Å². The molecule has 1 heterocycles. The van der Waals surface area contributed by atoms with Crippen LogP contribution >= 0.6 is 0 Å². The van der Waals surface area contributed by atoms with Crippen molar-refractivity contribution in [3.8, 4) is 0 Å². The van der Waals surface area contributed by atoms with Crippen LogP contribution in [0.15, 0.2) is 30.5 Å². The summed E-state index contributed by atoms with van der Waals surface area (Å²) in [6.45, 7) is 7.37. The number of hydrogen-bond donors (Lipinski definition) is 2. The zero-order valence-electron chi connectivity index (χ0n) is 12.9. The van der Waals surface area contributed by atoms with Gasteiger partial charge in [0.15, 0.2) is 5.82 Å². The van der Waals surface area contributed by atoms with Gasteiger partial charge in [-0.15, -0.1) is 5.10 Å². The number of rotatable bonds is 7. The summed E-state index contributed by atoms with van der Waals surface area (Å²) < 4.78 is 0. The zero-order valence-corrected chi connectivity index (χ0v) is 12.9. The van der Waals surface area contributed by atoms with E-state index >= 15 is 0 Å². The summed E-state index contributed by atoms with van der Waals surface area (Å²) in [5, 5.41) is 14.5. The third kappa shape index (κ3) is 4.41. The van der Waals surface area contributed by atoms with E-state index in [0.717, 1.165) is 25.1 Å². The van der Waals surface area contributed by atoms with Crippen molar-refractivity contribution < 1.29 is 0 Å². The van der Waals surface area contributed by atoms with Crippen molar-refractivity contribution in [3.05, 3.63) is 36.0 Å². The second kappa shape index (κ2) is 7.57. The fourth-order valence-electron chi connectivity index (χ4n) is 2.07. The molecule has 1 aromatic heterocycles. The quantitative estimate of drug-likeness (QED) is 0.754. The highest BCUT2D eigenvalue weighted by Crippen LogP contribution is 2.26. The second-order valence-electron chi connectivity index (χ2n) is 5.31. The van der Waals surface area contributed by atoms with Crippen molar-refractivity contribution in [2.24, 2.45) is 0 Å². The van der Waals surface area contributed by atoms with Crippen molar-refractivity contribution in [3.63, 3.8) is 0 Å². The molecule has 2 N–H and O–H groups in total. The predicted octanol–water partition coefficient (Wildman–Crippen LogP) is 3.95. The highest BCUT2D eigenvalue weighted by Gasteiger charge is 2.07. The Balaban J connectivity index is 2.11. The first-order chi connectivity index (χ1) is 10.2. The minimum Gasteiger partial charge on any atom is -0.353 e. The van der Waals surface area contributed by atoms with Gasteiger partial charge >= 0.3 is 0 Å². The zero-order chi connectivity index (χ0) is 15.1. The first-order valence-electron chi connectivity index (χ1n) is 7.50. The Labute approximate surface area is 126 Å². The number of unbranched alkanes of at least 4 members (excludes halogenated alkanes) is 1. The van der Waals surface area contributed by atoms with Crippen LogP contribution in [0.3, 0.4) is 0 Å². The van der Waals surface area contributed by atoms with Crippen molar-refractivity contribution >= 4 is 17.5 Å². The van der Waals surface area contributed by atoms with Crippen LogP contribution in [0.25, 0.3) is 0 Å². The number of aromatic nitrogens is 3. The van der Waals surface area contributed by atoms with Gasteiger partial charge in [0.1, 0.15) is 0 Å².